The number of carbonyl (C=O) groups is 3. The van der Waals surface area contributed by atoms with Gasteiger partial charge in [0.05, 0.1) is 25.7 Å². The summed E-state index contributed by atoms with van der Waals surface area (Å²) in [6.07, 6.45) is 2.08. The van der Waals surface area contributed by atoms with E-state index in [-0.39, 0.29) is 25.6 Å². The Morgan fingerprint density at radius 2 is 1.95 bits per heavy atom. The summed E-state index contributed by atoms with van der Waals surface area (Å²) in [5, 5.41) is 23.7. The van der Waals surface area contributed by atoms with E-state index in [1.54, 1.807) is 23.1 Å². The molecule has 0 saturated carbocycles. The van der Waals surface area contributed by atoms with Crippen LogP contribution in [0.3, 0.4) is 0 Å². The molecule has 0 saturated heterocycles. The van der Waals surface area contributed by atoms with Crippen molar-refractivity contribution in [1.82, 2.24) is 10.2 Å². The molecule has 39 heavy (non-hydrogen) atoms. The molecule has 1 heterocycles. The molecular weight excluding hydrogens is 500 g/mol. The van der Waals surface area contributed by atoms with Gasteiger partial charge in [0.1, 0.15) is 18.5 Å². The van der Waals surface area contributed by atoms with Crippen LogP contribution in [0.1, 0.15) is 59.2 Å². The van der Waals surface area contributed by atoms with Crippen LogP contribution in [0.4, 0.5) is 0 Å². The third-order valence-corrected chi connectivity index (χ3v) is 7.31. The molecule has 0 aromatic heterocycles. The fraction of sp³-hybridized carbons (Fsp3) is 0.433. The summed E-state index contributed by atoms with van der Waals surface area (Å²) in [7, 11) is 1.45. The van der Waals surface area contributed by atoms with E-state index < -0.39 is 30.1 Å². The van der Waals surface area contributed by atoms with Gasteiger partial charge in [0.25, 0.3) is 0 Å². The maximum Gasteiger partial charge on any atom is 0.247 e. The highest BCUT2D eigenvalue weighted by Crippen LogP contribution is 2.51. The highest BCUT2D eigenvalue weighted by Gasteiger charge is 2.51. The lowest BCUT2D eigenvalue weighted by atomic mass is 9.77. The first-order valence-electron chi connectivity index (χ1n) is 13.3. The van der Waals surface area contributed by atoms with Crippen LogP contribution in [-0.2, 0) is 16.1 Å². The van der Waals surface area contributed by atoms with Gasteiger partial charge in [-0.1, -0.05) is 43.2 Å². The number of ether oxygens (including phenoxy) is 2. The highest BCUT2D eigenvalue weighted by molar-refractivity contribution is 5.96. The van der Waals surface area contributed by atoms with Crippen molar-refractivity contribution in [2.45, 2.75) is 63.8 Å². The minimum atomic E-state index is -1.17. The number of aryl methyl sites for hydroxylation is 1. The number of amides is 2. The van der Waals surface area contributed by atoms with Crippen molar-refractivity contribution >= 4 is 18.1 Å². The fourth-order valence-electron chi connectivity index (χ4n) is 5.28. The lowest BCUT2D eigenvalue weighted by Gasteiger charge is -2.41. The molecule has 0 fully saturated rings. The van der Waals surface area contributed by atoms with Gasteiger partial charge >= 0.3 is 0 Å². The predicted octanol–water partition coefficient (Wildman–Crippen LogP) is 2.66. The number of aliphatic hydroxyl groups excluding tert-OH is 2. The molecule has 2 amide bonds. The Bertz CT molecular complexity index is 1240. The Kier molecular flexibility index (Phi) is 9.04. The van der Waals surface area contributed by atoms with Gasteiger partial charge in [0, 0.05) is 36.2 Å². The summed E-state index contributed by atoms with van der Waals surface area (Å²) in [4.78, 5) is 40.2. The lowest BCUT2D eigenvalue weighted by molar-refractivity contribution is -0.138. The van der Waals surface area contributed by atoms with Gasteiger partial charge in [-0.2, -0.15) is 0 Å². The largest absolute Gasteiger partial charge is 0.493 e. The maximum absolute atomic E-state index is 13.5. The SMILES string of the molecule is CCCCC(=O)N(Cc1ccc(C)cc1)C1C=C(C(=O)NCCO)C2c3cc(C=O)cc(OC)c3OC2C1O. The Morgan fingerprint density at radius 1 is 1.21 bits per heavy atom. The monoisotopic (exact) mass is 536 g/mol. The summed E-state index contributed by atoms with van der Waals surface area (Å²) >= 11 is 0. The second kappa shape index (κ2) is 12.4. The third kappa shape index (κ3) is 5.84. The standard InChI is InChI=1S/C30H36N2O7/c1-4-5-6-25(35)32(16-19-9-7-18(2)8-10-19)23-15-22(30(37)31-11-12-33)26-21-13-20(17-34)14-24(38-3)28(21)39-29(26)27(23)36/h7-10,13-15,17,23,26-27,29,33,36H,4-6,11-12,16H2,1-3H3,(H,31,37). The van der Waals surface area contributed by atoms with E-state index in [0.29, 0.717) is 47.3 Å². The van der Waals surface area contributed by atoms with E-state index in [1.165, 1.54) is 7.11 Å². The molecule has 2 aromatic rings. The van der Waals surface area contributed by atoms with Crippen molar-refractivity contribution in [1.29, 1.82) is 0 Å². The summed E-state index contributed by atoms with van der Waals surface area (Å²) in [5.41, 5.74) is 3.17. The molecule has 2 aliphatic rings. The summed E-state index contributed by atoms with van der Waals surface area (Å²) < 4.78 is 11.7. The van der Waals surface area contributed by atoms with Gasteiger partial charge in [0.15, 0.2) is 11.5 Å². The summed E-state index contributed by atoms with van der Waals surface area (Å²) in [6, 6.07) is 10.1. The van der Waals surface area contributed by atoms with E-state index >= 15 is 0 Å². The summed E-state index contributed by atoms with van der Waals surface area (Å²) in [6.45, 7) is 4.03. The number of rotatable bonds is 11. The van der Waals surface area contributed by atoms with Gasteiger partial charge < -0.3 is 29.9 Å². The zero-order valence-electron chi connectivity index (χ0n) is 22.6. The second-order valence-corrected chi connectivity index (χ2v) is 10.0. The van der Waals surface area contributed by atoms with Gasteiger partial charge in [-0.25, -0.2) is 0 Å². The number of nitrogens with zero attached hydrogens (tertiary/aromatic N) is 1. The minimum absolute atomic E-state index is 0.0364. The molecule has 9 nitrogen and oxygen atoms in total. The molecule has 3 N–H and O–H groups in total. The van der Waals surface area contributed by atoms with Crippen molar-refractivity contribution in [3.05, 3.63) is 70.3 Å². The fourth-order valence-corrected chi connectivity index (χ4v) is 5.28. The molecule has 4 rings (SSSR count). The average Bonchev–Trinajstić information content (AvgIpc) is 3.34. The van der Waals surface area contributed by atoms with E-state index in [4.69, 9.17) is 9.47 Å². The Morgan fingerprint density at radius 3 is 2.59 bits per heavy atom. The van der Waals surface area contributed by atoms with E-state index in [2.05, 4.69) is 5.32 Å². The molecule has 2 aromatic carbocycles. The first-order valence-corrected chi connectivity index (χ1v) is 13.3. The van der Waals surface area contributed by atoms with E-state index in [1.807, 2.05) is 38.1 Å². The summed E-state index contributed by atoms with van der Waals surface area (Å²) in [5.74, 6) is -0.619. The number of nitrogens with one attached hydrogen (secondary N) is 1. The number of aldehydes is 1. The number of hydrogen-bond donors (Lipinski definition) is 3. The predicted molar refractivity (Wildman–Crippen MR) is 145 cm³/mol. The minimum Gasteiger partial charge on any atom is -0.493 e. The Balaban J connectivity index is 1.80. The average molecular weight is 537 g/mol. The number of hydrogen-bond acceptors (Lipinski definition) is 7. The first kappa shape index (κ1) is 28.3. The topological polar surface area (TPSA) is 125 Å². The van der Waals surface area contributed by atoms with Crippen molar-refractivity contribution in [2.24, 2.45) is 0 Å². The Hall–Kier alpha value is -3.69. The van der Waals surface area contributed by atoms with Crippen LogP contribution >= 0.6 is 0 Å². The first-order chi connectivity index (χ1) is 18.8. The van der Waals surface area contributed by atoms with Crippen LogP contribution < -0.4 is 14.8 Å². The number of unbranched alkanes of at least 4 members (excludes halogenated alkanes) is 1. The van der Waals surface area contributed by atoms with Crippen LogP contribution in [0.15, 0.2) is 48.0 Å². The third-order valence-electron chi connectivity index (χ3n) is 7.31. The number of benzene rings is 2. The highest BCUT2D eigenvalue weighted by atomic mass is 16.5. The lowest BCUT2D eigenvalue weighted by Crippen LogP contribution is -2.55. The van der Waals surface area contributed by atoms with Crippen molar-refractivity contribution in [3.63, 3.8) is 0 Å². The van der Waals surface area contributed by atoms with Gasteiger partial charge in [-0.05, 0) is 37.1 Å². The molecule has 1 aliphatic carbocycles. The zero-order valence-corrected chi connectivity index (χ0v) is 22.6. The number of aliphatic hydroxyl groups is 2. The normalized spacial score (nSPS) is 21.2. The number of fused-ring (bicyclic) bond motifs is 3. The Labute approximate surface area is 228 Å². The smallest absolute Gasteiger partial charge is 0.247 e. The van der Waals surface area contributed by atoms with Gasteiger partial charge in [0.2, 0.25) is 11.8 Å². The number of methoxy groups -OCH3 is 1. The van der Waals surface area contributed by atoms with E-state index in [0.717, 1.165) is 17.5 Å². The van der Waals surface area contributed by atoms with Gasteiger partial charge in [-0.3, -0.25) is 14.4 Å². The number of carbonyl (C=O) groups excluding carboxylic acids is 3. The van der Waals surface area contributed by atoms with Crippen LogP contribution in [0.25, 0.3) is 0 Å². The molecule has 0 radical (unpaired) electrons. The molecule has 4 unspecified atom stereocenters. The maximum atomic E-state index is 13.5. The molecule has 0 bridgehead atoms. The van der Waals surface area contributed by atoms with Crippen LogP contribution in [-0.4, -0.2) is 71.7 Å². The van der Waals surface area contributed by atoms with Crippen molar-refractivity contribution < 1.29 is 34.1 Å². The van der Waals surface area contributed by atoms with Gasteiger partial charge in [-0.15, -0.1) is 0 Å². The molecule has 208 valence electrons. The molecule has 9 heteroatoms. The second-order valence-electron chi connectivity index (χ2n) is 10.0. The van der Waals surface area contributed by atoms with Crippen LogP contribution in [0, 0.1) is 6.92 Å². The molecule has 0 spiro atoms. The van der Waals surface area contributed by atoms with Crippen molar-refractivity contribution in [3.8, 4) is 11.5 Å². The molecular formula is C30H36N2O7. The van der Waals surface area contributed by atoms with E-state index in [9.17, 15) is 24.6 Å². The van der Waals surface area contributed by atoms with Crippen molar-refractivity contribution in [2.75, 3.05) is 20.3 Å². The quantitative estimate of drug-likeness (QED) is 0.377. The van der Waals surface area contributed by atoms with Crippen LogP contribution in [0.5, 0.6) is 11.5 Å². The molecule has 4 atom stereocenters. The molecule has 1 aliphatic heterocycles. The zero-order chi connectivity index (χ0) is 28.1. The van der Waals surface area contributed by atoms with Crippen LogP contribution in [0.2, 0.25) is 0 Å².